The van der Waals surface area contributed by atoms with E-state index in [0.29, 0.717) is 5.92 Å². The quantitative estimate of drug-likeness (QED) is 0.611. The van der Waals surface area contributed by atoms with Crippen LogP contribution in [0.5, 0.6) is 0 Å². The minimum absolute atomic E-state index is 0.106. The predicted octanol–water partition coefficient (Wildman–Crippen LogP) is 4.26. The van der Waals surface area contributed by atoms with Gasteiger partial charge in [-0.05, 0) is 36.1 Å². The Morgan fingerprint density at radius 3 is 2.32 bits per heavy atom. The monoisotopic (exact) mass is 327 g/mol. The Bertz CT molecular complexity index is 1110. The zero-order chi connectivity index (χ0) is 16.8. The Hall–Kier alpha value is -3.14. The number of benzene rings is 2. The van der Waals surface area contributed by atoms with Crippen molar-refractivity contribution in [1.82, 2.24) is 14.8 Å². The van der Waals surface area contributed by atoms with Gasteiger partial charge in [0.25, 0.3) is 0 Å². The maximum atomic E-state index is 12.4. The fourth-order valence-corrected chi connectivity index (χ4v) is 3.42. The average molecular weight is 327 g/mol. The summed E-state index contributed by atoms with van der Waals surface area (Å²) >= 11 is 0. The van der Waals surface area contributed by atoms with Gasteiger partial charge in [-0.1, -0.05) is 48.5 Å². The number of para-hydroxylation sites is 1. The highest BCUT2D eigenvalue weighted by molar-refractivity contribution is 5.96. The number of rotatable bonds is 3. The van der Waals surface area contributed by atoms with E-state index < -0.39 is 0 Å². The summed E-state index contributed by atoms with van der Waals surface area (Å²) < 4.78 is 1.87. The second-order valence-corrected chi connectivity index (χ2v) is 6.54. The highest BCUT2D eigenvalue weighted by Gasteiger charge is 2.31. The zero-order valence-corrected chi connectivity index (χ0v) is 13.6. The Morgan fingerprint density at radius 2 is 1.64 bits per heavy atom. The van der Waals surface area contributed by atoms with Crippen LogP contribution in [0.25, 0.3) is 27.8 Å². The molecule has 0 radical (unpaired) electrons. The number of nitrogens with zero attached hydrogens (tertiary/aromatic N) is 2. The summed E-state index contributed by atoms with van der Waals surface area (Å²) in [5.41, 5.74) is 4.73. The third-order valence-electron chi connectivity index (χ3n) is 4.75. The van der Waals surface area contributed by atoms with Crippen LogP contribution in [0.2, 0.25) is 0 Å². The molecule has 1 N–H and O–H groups in total. The SMILES string of the molecule is O=c1cc(-c2ccccc2)c2c(C3CC3)nn(-c3ccccc3)c2[nH]1. The molecule has 2 heterocycles. The Balaban J connectivity index is 1.88. The van der Waals surface area contributed by atoms with Crippen LogP contribution in [0.1, 0.15) is 24.5 Å². The first-order valence-corrected chi connectivity index (χ1v) is 8.58. The second-order valence-electron chi connectivity index (χ2n) is 6.54. The van der Waals surface area contributed by atoms with Crippen LogP contribution in [-0.2, 0) is 0 Å². The van der Waals surface area contributed by atoms with Crippen molar-refractivity contribution < 1.29 is 0 Å². The van der Waals surface area contributed by atoms with Crippen molar-refractivity contribution in [3.05, 3.63) is 82.8 Å². The fraction of sp³-hybridized carbons (Fsp3) is 0.143. The summed E-state index contributed by atoms with van der Waals surface area (Å²) in [6.07, 6.45) is 2.32. The molecule has 0 unspecified atom stereocenters. The van der Waals surface area contributed by atoms with Crippen molar-refractivity contribution >= 4 is 11.0 Å². The molecule has 0 bridgehead atoms. The van der Waals surface area contributed by atoms with Gasteiger partial charge < -0.3 is 4.98 Å². The molecular formula is C21H17N3O. The van der Waals surface area contributed by atoms with Gasteiger partial charge in [0.15, 0.2) is 0 Å². The van der Waals surface area contributed by atoms with E-state index >= 15 is 0 Å². The minimum Gasteiger partial charge on any atom is -0.306 e. The molecule has 1 aliphatic rings. The van der Waals surface area contributed by atoms with Gasteiger partial charge in [-0.15, -0.1) is 0 Å². The van der Waals surface area contributed by atoms with Crippen molar-refractivity contribution in [3.8, 4) is 16.8 Å². The van der Waals surface area contributed by atoms with E-state index in [-0.39, 0.29) is 5.56 Å². The largest absolute Gasteiger partial charge is 0.306 e. The van der Waals surface area contributed by atoms with Crippen molar-refractivity contribution in [3.63, 3.8) is 0 Å². The van der Waals surface area contributed by atoms with E-state index in [1.165, 1.54) is 0 Å². The molecule has 0 spiro atoms. The van der Waals surface area contributed by atoms with Gasteiger partial charge in [0, 0.05) is 17.4 Å². The normalized spacial score (nSPS) is 14.1. The lowest BCUT2D eigenvalue weighted by Crippen LogP contribution is -2.07. The maximum Gasteiger partial charge on any atom is 0.250 e. The molecule has 0 saturated heterocycles. The fourth-order valence-electron chi connectivity index (χ4n) is 3.42. The number of H-pyrrole nitrogens is 1. The highest BCUT2D eigenvalue weighted by atomic mass is 16.1. The molecule has 0 amide bonds. The van der Waals surface area contributed by atoms with Crippen LogP contribution in [0.15, 0.2) is 71.5 Å². The molecule has 122 valence electrons. The van der Waals surface area contributed by atoms with Crippen LogP contribution >= 0.6 is 0 Å². The number of hydrogen-bond donors (Lipinski definition) is 1. The molecule has 5 rings (SSSR count). The molecule has 4 heteroatoms. The zero-order valence-electron chi connectivity index (χ0n) is 13.6. The molecule has 2 aromatic carbocycles. The van der Waals surface area contributed by atoms with Gasteiger partial charge in [0.05, 0.1) is 11.4 Å². The molecule has 0 aliphatic heterocycles. The van der Waals surface area contributed by atoms with Gasteiger partial charge >= 0.3 is 0 Å². The van der Waals surface area contributed by atoms with E-state index in [2.05, 4.69) is 4.98 Å². The van der Waals surface area contributed by atoms with E-state index in [0.717, 1.165) is 46.4 Å². The topological polar surface area (TPSA) is 50.7 Å². The highest BCUT2D eigenvalue weighted by Crippen LogP contribution is 2.44. The number of pyridine rings is 1. The Labute approximate surface area is 144 Å². The molecule has 1 aliphatic carbocycles. The average Bonchev–Trinajstić information content (AvgIpc) is 3.43. The lowest BCUT2D eigenvalue weighted by atomic mass is 10.0. The van der Waals surface area contributed by atoms with Crippen LogP contribution in [0.3, 0.4) is 0 Å². The smallest absolute Gasteiger partial charge is 0.250 e. The molecule has 1 saturated carbocycles. The first-order valence-electron chi connectivity index (χ1n) is 8.58. The second kappa shape index (κ2) is 5.45. The van der Waals surface area contributed by atoms with Crippen LogP contribution < -0.4 is 5.56 Å². The Morgan fingerprint density at radius 1 is 0.960 bits per heavy atom. The van der Waals surface area contributed by atoms with Gasteiger partial charge in [0.2, 0.25) is 5.56 Å². The van der Waals surface area contributed by atoms with Crippen molar-refractivity contribution in [1.29, 1.82) is 0 Å². The van der Waals surface area contributed by atoms with Crippen molar-refractivity contribution in [2.45, 2.75) is 18.8 Å². The molecule has 4 aromatic rings. The van der Waals surface area contributed by atoms with E-state index in [1.807, 2.05) is 65.3 Å². The van der Waals surface area contributed by atoms with Crippen molar-refractivity contribution in [2.24, 2.45) is 0 Å². The molecule has 25 heavy (non-hydrogen) atoms. The summed E-state index contributed by atoms with van der Waals surface area (Å²) in [6.45, 7) is 0. The van der Waals surface area contributed by atoms with Gasteiger partial charge in [0.1, 0.15) is 5.65 Å². The number of nitrogens with one attached hydrogen (secondary N) is 1. The molecule has 0 atom stereocenters. The number of aromatic amines is 1. The lowest BCUT2D eigenvalue weighted by Gasteiger charge is -2.06. The molecular weight excluding hydrogens is 310 g/mol. The minimum atomic E-state index is -0.106. The third-order valence-corrected chi connectivity index (χ3v) is 4.75. The Kier molecular flexibility index (Phi) is 3.10. The first-order chi connectivity index (χ1) is 12.3. The molecule has 1 fully saturated rings. The van der Waals surface area contributed by atoms with E-state index in [4.69, 9.17) is 5.10 Å². The summed E-state index contributed by atoms with van der Waals surface area (Å²) in [4.78, 5) is 15.4. The van der Waals surface area contributed by atoms with Gasteiger partial charge in [-0.2, -0.15) is 5.10 Å². The third kappa shape index (κ3) is 2.38. The standard InChI is InChI=1S/C21H17N3O/c25-18-13-17(14-7-3-1-4-8-14)19-20(15-11-12-15)23-24(21(19)22-18)16-9-5-2-6-10-16/h1-10,13,15H,11-12H2,(H,22,25). The summed E-state index contributed by atoms with van der Waals surface area (Å²) in [5.74, 6) is 0.487. The van der Waals surface area contributed by atoms with Gasteiger partial charge in [-0.3, -0.25) is 4.79 Å². The summed E-state index contributed by atoms with van der Waals surface area (Å²) in [7, 11) is 0. The van der Waals surface area contributed by atoms with Crippen LogP contribution in [0, 0.1) is 0 Å². The molecule has 4 nitrogen and oxygen atoms in total. The number of aromatic nitrogens is 3. The van der Waals surface area contributed by atoms with E-state index in [1.54, 1.807) is 6.07 Å². The van der Waals surface area contributed by atoms with Crippen LogP contribution in [0.4, 0.5) is 0 Å². The molecule has 2 aromatic heterocycles. The summed E-state index contributed by atoms with van der Waals surface area (Å²) in [6, 6.07) is 21.8. The number of hydrogen-bond acceptors (Lipinski definition) is 2. The predicted molar refractivity (Wildman–Crippen MR) is 99.1 cm³/mol. The number of fused-ring (bicyclic) bond motifs is 1. The van der Waals surface area contributed by atoms with Crippen molar-refractivity contribution in [2.75, 3.05) is 0 Å². The maximum absolute atomic E-state index is 12.4. The first kappa shape index (κ1) is 14.2. The van der Waals surface area contributed by atoms with Crippen LogP contribution in [-0.4, -0.2) is 14.8 Å². The van der Waals surface area contributed by atoms with Gasteiger partial charge in [-0.25, -0.2) is 4.68 Å². The lowest BCUT2D eigenvalue weighted by molar-refractivity contribution is 0.849. The summed E-state index contributed by atoms with van der Waals surface area (Å²) in [5, 5.41) is 5.96. The van der Waals surface area contributed by atoms with E-state index in [9.17, 15) is 4.79 Å².